The minimum atomic E-state index is -0.846. The second-order valence-electron chi connectivity index (χ2n) is 2.83. The molecule has 0 aliphatic rings. The summed E-state index contributed by atoms with van der Waals surface area (Å²) < 4.78 is 3.35. The number of carbonyl (C=O) groups is 1. The third-order valence-electron chi connectivity index (χ3n) is 1.94. The predicted octanol–water partition coefficient (Wildman–Crippen LogP) is 2.11. The summed E-state index contributed by atoms with van der Waals surface area (Å²) in [6.45, 7) is 0. The van der Waals surface area contributed by atoms with Crippen LogP contribution in [-0.2, 0) is 0 Å². The molecule has 2 rings (SSSR count). The zero-order valence-corrected chi connectivity index (χ0v) is 9.64. The SMILES string of the molecule is O=C(O)c1ccccc1-c1ccc[te]1. The molecule has 0 bridgehead atoms. The van der Waals surface area contributed by atoms with E-state index < -0.39 is 5.97 Å². The average molecular weight is 300 g/mol. The first-order valence-corrected chi connectivity index (χ1v) is 6.66. The van der Waals surface area contributed by atoms with Gasteiger partial charge in [-0.25, -0.2) is 0 Å². The van der Waals surface area contributed by atoms with Crippen molar-refractivity contribution < 1.29 is 9.90 Å². The Labute approximate surface area is 91.4 Å². The molecule has 0 unspecified atom stereocenters. The summed E-state index contributed by atoms with van der Waals surface area (Å²) in [4.78, 5) is 10.9. The van der Waals surface area contributed by atoms with Crippen LogP contribution in [0.1, 0.15) is 10.4 Å². The van der Waals surface area contributed by atoms with E-state index >= 15 is 0 Å². The zero-order valence-electron chi connectivity index (χ0n) is 7.31. The number of carboxylic acids is 1. The van der Waals surface area contributed by atoms with E-state index in [-0.39, 0.29) is 20.4 Å². The van der Waals surface area contributed by atoms with Gasteiger partial charge in [0.2, 0.25) is 0 Å². The Balaban J connectivity index is 2.58. The van der Waals surface area contributed by atoms with Gasteiger partial charge in [-0.15, -0.1) is 0 Å². The summed E-state index contributed by atoms with van der Waals surface area (Å²) >= 11 is -0.300. The van der Waals surface area contributed by atoms with Crippen molar-refractivity contribution in [2.75, 3.05) is 0 Å². The number of benzene rings is 1. The van der Waals surface area contributed by atoms with Crippen molar-refractivity contribution >= 4 is 26.4 Å². The molecule has 70 valence electrons. The van der Waals surface area contributed by atoms with Gasteiger partial charge in [0.25, 0.3) is 0 Å². The number of hydrogen-bond acceptors (Lipinski definition) is 1. The Kier molecular flexibility index (Phi) is 2.72. The third-order valence-corrected chi connectivity index (χ3v) is 4.52. The number of aromatic carboxylic acids is 1. The van der Waals surface area contributed by atoms with Crippen LogP contribution in [0.2, 0.25) is 0 Å². The Hall–Kier alpha value is -1.04. The van der Waals surface area contributed by atoms with E-state index in [0.29, 0.717) is 5.56 Å². The molecular formula is C11H8O2Te. The molecule has 0 amide bonds. The molecule has 1 aromatic heterocycles. The van der Waals surface area contributed by atoms with Gasteiger partial charge in [-0.2, -0.15) is 0 Å². The van der Waals surface area contributed by atoms with Crippen molar-refractivity contribution in [3.8, 4) is 9.14 Å². The second-order valence-corrected chi connectivity index (χ2v) is 5.53. The van der Waals surface area contributed by atoms with Gasteiger partial charge >= 0.3 is 91.5 Å². The Morgan fingerprint density at radius 1 is 1.14 bits per heavy atom. The molecular weight excluding hydrogens is 292 g/mol. The number of carboxylic acid groups (broad SMARTS) is 1. The van der Waals surface area contributed by atoms with Crippen LogP contribution in [0.5, 0.6) is 0 Å². The van der Waals surface area contributed by atoms with Crippen LogP contribution in [0.3, 0.4) is 0 Å². The summed E-state index contributed by atoms with van der Waals surface area (Å²) in [5, 5.41) is 8.99. The van der Waals surface area contributed by atoms with Gasteiger partial charge in [-0.05, 0) is 0 Å². The maximum atomic E-state index is 10.9. The molecule has 0 aliphatic heterocycles. The normalized spacial score (nSPS) is 10.0. The van der Waals surface area contributed by atoms with Crippen LogP contribution in [0.4, 0.5) is 0 Å². The van der Waals surface area contributed by atoms with Gasteiger partial charge in [-0.1, -0.05) is 0 Å². The summed E-state index contributed by atoms with van der Waals surface area (Å²) in [5.41, 5.74) is 1.29. The molecule has 2 nitrogen and oxygen atoms in total. The molecule has 0 radical (unpaired) electrons. The van der Waals surface area contributed by atoms with Crippen LogP contribution >= 0.6 is 0 Å². The van der Waals surface area contributed by atoms with E-state index in [0.717, 1.165) is 5.56 Å². The topological polar surface area (TPSA) is 37.3 Å². The third kappa shape index (κ3) is 1.75. The van der Waals surface area contributed by atoms with Gasteiger partial charge < -0.3 is 0 Å². The van der Waals surface area contributed by atoms with Gasteiger partial charge in [0.15, 0.2) is 0 Å². The quantitative estimate of drug-likeness (QED) is 0.863. The predicted molar refractivity (Wildman–Crippen MR) is 55.8 cm³/mol. The number of hydrogen-bond donors (Lipinski definition) is 1. The van der Waals surface area contributed by atoms with Gasteiger partial charge in [-0.3, -0.25) is 0 Å². The maximum absolute atomic E-state index is 10.9. The van der Waals surface area contributed by atoms with E-state index in [1.807, 2.05) is 24.3 Å². The van der Waals surface area contributed by atoms with Crippen molar-refractivity contribution in [3.05, 3.63) is 46.0 Å². The molecule has 1 N–H and O–H groups in total. The number of rotatable bonds is 2. The summed E-state index contributed by atoms with van der Waals surface area (Å²) in [6, 6.07) is 11.2. The summed E-state index contributed by atoms with van der Waals surface area (Å²) in [5.74, 6) is -0.846. The standard InChI is InChI=1S/C11H8O2Te/c12-11(13)9-5-2-1-4-8(9)10-6-3-7-14-10/h1-7H,(H,12,13). The molecule has 3 heteroatoms. The Morgan fingerprint density at radius 2 is 1.93 bits per heavy atom. The van der Waals surface area contributed by atoms with Gasteiger partial charge in [0.1, 0.15) is 0 Å². The Bertz CT molecular complexity index is 446. The molecule has 2 aromatic rings. The molecule has 14 heavy (non-hydrogen) atoms. The van der Waals surface area contributed by atoms with Crippen molar-refractivity contribution in [2.45, 2.75) is 0 Å². The minimum absolute atomic E-state index is 0.300. The fraction of sp³-hybridized carbons (Fsp3) is 0. The second kappa shape index (κ2) is 4.00. The molecule has 0 spiro atoms. The molecule has 0 saturated heterocycles. The first-order valence-electron chi connectivity index (χ1n) is 4.15. The van der Waals surface area contributed by atoms with Crippen LogP contribution in [0.25, 0.3) is 9.14 Å². The molecule has 0 fully saturated rings. The molecule has 1 heterocycles. The van der Waals surface area contributed by atoms with Crippen LogP contribution < -0.4 is 0 Å². The fourth-order valence-electron chi connectivity index (χ4n) is 1.32. The van der Waals surface area contributed by atoms with Gasteiger partial charge in [0, 0.05) is 0 Å². The van der Waals surface area contributed by atoms with E-state index in [1.54, 1.807) is 12.1 Å². The van der Waals surface area contributed by atoms with Crippen molar-refractivity contribution in [2.24, 2.45) is 0 Å². The van der Waals surface area contributed by atoms with Crippen LogP contribution in [0.15, 0.2) is 40.5 Å². The zero-order chi connectivity index (χ0) is 9.97. The molecule has 1 aromatic carbocycles. The van der Waals surface area contributed by atoms with E-state index in [2.05, 4.69) is 4.08 Å². The van der Waals surface area contributed by atoms with E-state index in [1.165, 1.54) is 3.58 Å². The molecule has 0 aliphatic carbocycles. The van der Waals surface area contributed by atoms with Crippen molar-refractivity contribution in [3.63, 3.8) is 0 Å². The molecule has 0 atom stereocenters. The molecule has 0 saturated carbocycles. The van der Waals surface area contributed by atoms with E-state index in [9.17, 15) is 4.79 Å². The van der Waals surface area contributed by atoms with Crippen LogP contribution in [-0.4, -0.2) is 31.5 Å². The monoisotopic (exact) mass is 302 g/mol. The van der Waals surface area contributed by atoms with Gasteiger partial charge in [0.05, 0.1) is 0 Å². The average Bonchev–Trinajstić information content (AvgIpc) is 2.70. The fourth-order valence-corrected chi connectivity index (χ4v) is 3.50. The van der Waals surface area contributed by atoms with E-state index in [4.69, 9.17) is 5.11 Å². The first kappa shape index (κ1) is 9.51. The summed E-state index contributed by atoms with van der Waals surface area (Å²) in [6.07, 6.45) is 0. The summed E-state index contributed by atoms with van der Waals surface area (Å²) in [7, 11) is 0. The first-order chi connectivity index (χ1) is 6.79. The van der Waals surface area contributed by atoms with Crippen LogP contribution in [0, 0.1) is 0 Å². The van der Waals surface area contributed by atoms with Crippen molar-refractivity contribution in [1.82, 2.24) is 0 Å². The Morgan fingerprint density at radius 3 is 2.57 bits per heavy atom. The van der Waals surface area contributed by atoms with Crippen molar-refractivity contribution in [1.29, 1.82) is 0 Å².